The molecule has 2 atom stereocenters. The molecule has 172 valence electrons. The highest BCUT2D eigenvalue weighted by Crippen LogP contribution is 2.25. The van der Waals surface area contributed by atoms with Crippen LogP contribution in [0.5, 0.6) is 0 Å². The van der Waals surface area contributed by atoms with Gasteiger partial charge in [0.2, 0.25) is 0 Å². The van der Waals surface area contributed by atoms with E-state index in [1.165, 1.54) is 32.1 Å². The summed E-state index contributed by atoms with van der Waals surface area (Å²) in [7, 11) is 0. The molecule has 27 heavy (non-hydrogen) atoms. The van der Waals surface area contributed by atoms with Crippen molar-refractivity contribution in [3.8, 4) is 0 Å². The summed E-state index contributed by atoms with van der Waals surface area (Å²) in [5, 5.41) is 7.01. The van der Waals surface area contributed by atoms with Gasteiger partial charge in [-0.1, -0.05) is 33.1 Å². The van der Waals surface area contributed by atoms with Crippen molar-refractivity contribution in [2.45, 2.75) is 103 Å². The summed E-state index contributed by atoms with van der Waals surface area (Å²) in [6.45, 7) is 11.8. The highest BCUT2D eigenvalue weighted by Gasteiger charge is 2.25. The van der Waals surface area contributed by atoms with Gasteiger partial charge in [-0.05, 0) is 72.0 Å². The Morgan fingerprint density at radius 1 is 0.704 bits per heavy atom. The first-order valence-electron chi connectivity index (χ1n) is 9.93. The van der Waals surface area contributed by atoms with Crippen LogP contribution >= 0.6 is 49.6 Å². The van der Waals surface area contributed by atoms with Gasteiger partial charge >= 0.3 is 0 Å². The number of rotatable bonds is 16. The molecule has 0 aliphatic rings. The number of nitrogens with one attached hydrogen (secondary N) is 2. The molecule has 0 radical (unpaired) electrons. The average Bonchev–Trinajstić information content (AvgIpc) is 2.52. The predicted molar refractivity (Wildman–Crippen MR) is 133 cm³/mol. The molecule has 0 spiro atoms. The maximum Gasteiger partial charge on any atom is 0.0155 e. The summed E-state index contributed by atoms with van der Waals surface area (Å²) in [6.07, 6.45) is 10.6. The molecule has 0 saturated heterocycles. The lowest BCUT2D eigenvalue weighted by atomic mass is 9.82. The first kappa shape index (κ1) is 38.6. The predicted octanol–water partition coefficient (Wildman–Crippen LogP) is 4.84. The molecule has 0 heterocycles. The van der Waals surface area contributed by atoms with E-state index in [0.717, 1.165) is 45.3 Å². The van der Waals surface area contributed by atoms with E-state index in [2.05, 4.69) is 38.3 Å². The van der Waals surface area contributed by atoms with E-state index in [0.29, 0.717) is 12.1 Å². The number of hydrogen-bond donors (Lipinski definition) is 4. The highest BCUT2D eigenvalue weighted by molar-refractivity contribution is 5.86. The minimum atomic E-state index is -0.00389. The van der Waals surface area contributed by atoms with Gasteiger partial charge in [-0.3, -0.25) is 0 Å². The zero-order valence-electron chi connectivity index (χ0n) is 17.9. The van der Waals surface area contributed by atoms with Crippen LogP contribution in [0, 0.1) is 0 Å². The van der Waals surface area contributed by atoms with Crippen LogP contribution in [0.1, 0.15) is 85.5 Å². The molecule has 0 saturated carbocycles. The summed E-state index contributed by atoms with van der Waals surface area (Å²) in [5.41, 5.74) is 12.4. The Labute approximate surface area is 194 Å². The Morgan fingerprint density at radius 3 is 1.48 bits per heavy atom. The molecule has 0 aromatic rings. The van der Waals surface area contributed by atoms with E-state index in [4.69, 9.17) is 11.5 Å². The van der Waals surface area contributed by atoms with Crippen LogP contribution in [0.4, 0.5) is 0 Å². The number of hydrogen-bond acceptors (Lipinski definition) is 4. The SMILES string of the molecule is CCNC(C)CCC(N)(CCCCCCN)CCC(C)NCC.Cl.Cl.Cl.Cl. The fourth-order valence-electron chi connectivity index (χ4n) is 3.26. The smallest absolute Gasteiger partial charge is 0.0155 e. The zero-order valence-corrected chi connectivity index (χ0v) is 21.2. The van der Waals surface area contributed by atoms with Crippen LogP contribution in [0.25, 0.3) is 0 Å². The second kappa shape index (κ2) is 25.0. The Bertz CT molecular complexity index is 258. The molecule has 2 unspecified atom stereocenters. The van der Waals surface area contributed by atoms with Gasteiger partial charge in [-0.25, -0.2) is 0 Å². The topological polar surface area (TPSA) is 76.1 Å². The van der Waals surface area contributed by atoms with Gasteiger partial charge in [0, 0.05) is 17.6 Å². The average molecular weight is 474 g/mol. The highest BCUT2D eigenvalue weighted by atomic mass is 35.5. The minimum Gasteiger partial charge on any atom is -0.330 e. The van der Waals surface area contributed by atoms with E-state index in [1.54, 1.807) is 0 Å². The molecule has 0 rings (SSSR count). The van der Waals surface area contributed by atoms with Crippen LogP contribution in [0.15, 0.2) is 0 Å². The van der Waals surface area contributed by atoms with Crippen LogP contribution in [0.2, 0.25) is 0 Å². The molecule has 0 amide bonds. The van der Waals surface area contributed by atoms with Crippen molar-refractivity contribution < 1.29 is 0 Å². The van der Waals surface area contributed by atoms with Crippen molar-refractivity contribution in [3.63, 3.8) is 0 Å². The molecule has 6 N–H and O–H groups in total. The fourth-order valence-corrected chi connectivity index (χ4v) is 3.26. The van der Waals surface area contributed by atoms with Crippen molar-refractivity contribution >= 4 is 49.6 Å². The van der Waals surface area contributed by atoms with Gasteiger partial charge in [0.15, 0.2) is 0 Å². The van der Waals surface area contributed by atoms with Crippen LogP contribution < -0.4 is 22.1 Å². The largest absolute Gasteiger partial charge is 0.330 e. The van der Waals surface area contributed by atoms with E-state index in [9.17, 15) is 0 Å². The summed E-state index contributed by atoms with van der Waals surface area (Å²) in [6, 6.07) is 1.12. The number of unbranched alkanes of at least 4 members (excludes halogenated alkanes) is 3. The standard InChI is InChI=1S/C19H44N4.4ClH/c1-5-22-17(3)11-14-19(21,13-9-7-8-10-16-20)15-12-18(4)23-6-2;;;;/h17-18,22-23H,5-16,20-21H2,1-4H3;4*1H. The van der Waals surface area contributed by atoms with Gasteiger partial charge < -0.3 is 22.1 Å². The molecule has 0 aliphatic heterocycles. The second-order valence-electron chi connectivity index (χ2n) is 7.31. The van der Waals surface area contributed by atoms with E-state index in [-0.39, 0.29) is 55.2 Å². The third kappa shape index (κ3) is 23.1. The molecule has 4 nitrogen and oxygen atoms in total. The van der Waals surface area contributed by atoms with E-state index < -0.39 is 0 Å². The lowest BCUT2D eigenvalue weighted by Crippen LogP contribution is -2.43. The summed E-state index contributed by atoms with van der Waals surface area (Å²) in [5.74, 6) is 0. The summed E-state index contributed by atoms with van der Waals surface area (Å²) < 4.78 is 0. The van der Waals surface area contributed by atoms with Crippen LogP contribution in [0.3, 0.4) is 0 Å². The minimum absolute atomic E-state index is 0. The number of halogens is 4. The Morgan fingerprint density at radius 2 is 1.11 bits per heavy atom. The third-order valence-corrected chi connectivity index (χ3v) is 4.88. The second-order valence-corrected chi connectivity index (χ2v) is 7.31. The lowest BCUT2D eigenvalue weighted by Gasteiger charge is -2.32. The molecular weight excluding hydrogens is 426 g/mol. The number of nitrogens with two attached hydrogens (primary N) is 2. The lowest BCUT2D eigenvalue weighted by molar-refractivity contribution is 0.285. The fraction of sp³-hybridized carbons (Fsp3) is 1.00. The molecule has 0 aromatic carbocycles. The van der Waals surface area contributed by atoms with Crippen molar-refractivity contribution in [1.29, 1.82) is 0 Å². The van der Waals surface area contributed by atoms with Gasteiger partial charge in [0.25, 0.3) is 0 Å². The van der Waals surface area contributed by atoms with Gasteiger partial charge in [0.1, 0.15) is 0 Å². The molecule has 0 aliphatic carbocycles. The van der Waals surface area contributed by atoms with Gasteiger partial charge in [-0.15, -0.1) is 49.6 Å². The normalized spacial score (nSPS) is 14.4. The van der Waals surface area contributed by atoms with Crippen molar-refractivity contribution in [2.75, 3.05) is 19.6 Å². The first-order valence-corrected chi connectivity index (χ1v) is 9.93. The zero-order chi connectivity index (χ0) is 17.6. The Hall–Kier alpha value is 1.00. The summed E-state index contributed by atoms with van der Waals surface area (Å²) in [4.78, 5) is 0. The maximum atomic E-state index is 6.82. The van der Waals surface area contributed by atoms with E-state index >= 15 is 0 Å². The quantitative estimate of drug-likeness (QED) is 0.242. The van der Waals surface area contributed by atoms with Crippen LogP contribution in [-0.2, 0) is 0 Å². The molecule has 0 bridgehead atoms. The first-order chi connectivity index (χ1) is 11.0. The molecule has 8 heteroatoms. The maximum absolute atomic E-state index is 6.82. The Balaban J connectivity index is -0.000000403. The van der Waals surface area contributed by atoms with Crippen LogP contribution in [-0.4, -0.2) is 37.3 Å². The van der Waals surface area contributed by atoms with E-state index in [1.807, 2.05) is 0 Å². The van der Waals surface area contributed by atoms with Gasteiger partial charge in [0.05, 0.1) is 0 Å². The third-order valence-electron chi connectivity index (χ3n) is 4.88. The van der Waals surface area contributed by atoms with Crippen molar-refractivity contribution in [3.05, 3.63) is 0 Å². The molecule has 0 aromatic heterocycles. The van der Waals surface area contributed by atoms with Crippen molar-refractivity contribution in [1.82, 2.24) is 10.6 Å². The Kier molecular flexibility index (Phi) is 35.8. The van der Waals surface area contributed by atoms with Gasteiger partial charge in [-0.2, -0.15) is 0 Å². The molecule has 0 fully saturated rings. The monoisotopic (exact) mass is 472 g/mol. The summed E-state index contributed by atoms with van der Waals surface area (Å²) >= 11 is 0. The molecular formula is C19H48Cl4N4. The van der Waals surface area contributed by atoms with Crippen molar-refractivity contribution in [2.24, 2.45) is 11.5 Å².